The molecule has 0 fully saturated rings. The number of hydrogen-bond donors (Lipinski definition) is 0. The monoisotopic (exact) mass is 352 g/mol. The van der Waals surface area contributed by atoms with Crippen LogP contribution in [0.2, 0.25) is 0 Å². The third-order valence-corrected chi connectivity index (χ3v) is 3.92. The smallest absolute Gasteiger partial charge is 0.268 e. The molecular formula is C14H13IN2O. The average molecular weight is 352 g/mol. The molecule has 0 atom stereocenters. The Balaban J connectivity index is 1.90. The van der Waals surface area contributed by atoms with Gasteiger partial charge in [-0.2, -0.15) is 5.10 Å². The first-order valence-corrected chi connectivity index (χ1v) is 7.13. The quantitative estimate of drug-likeness (QED) is 0.778. The molecule has 0 radical (unpaired) electrons. The number of hydrogen-bond acceptors (Lipinski definition) is 2. The van der Waals surface area contributed by atoms with E-state index in [1.165, 1.54) is 28.7 Å². The Bertz CT molecular complexity index is 648. The Morgan fingerprint density at radius 2 is 2.06 bits per heavy atom. The van der Waals surface area contributed by atoms with Gasteiger partial charge in [0.2, 0.25) is 0 Å². The molecule has 0 bridgehead atoms. The van der Waals surface area contributed by atoms with Gasteiger partial charge < -0.3 is 0 Å². The summed E-state index contributed by atoms with van der Waals surface area (Å²) in [4.78, 5) is 11.8. The van der Waals surface area contributed by atoms with Crippen LogP contribution < -0.4 is 5.56 Å². The van der Waals surface area contributed by atoms with Crippen LogP contribution in [-0.2, 0) is 19.4 Å². The Labute approximate surface area is 119 Å². The molecule has 1 aliphatic carbocycles. The van der Waals surface area contributed by atoms with E-state index in [4.69, 9.17) is 0 Å². The summed E-state index contributed by atoms with van der Waals surface area (Å²) in [6.07, 6.45) is 5.32. The van der Waals surface area contributed by atoms with Crippen molar-refractivity contribution in [3.8, 4) is 0 Å². The lowest BCUT2D eigenvalue weighted by molar-refractivity contribution is 0.636. The summed E-state index contributed by atoms with van der Waals surface area (Å²) >= 11 is 2.10. The Hall–Kier alpha value is -1.17. The van der Waals surface area contributed by atoms with Crippen molar-refractivity contribution in [2.75, 3.05) is 0 Å². The molecule has 0 aliphatic heterocycles. The third kappa shape index (κ3) is 2.34. The maximum absolute atomic E-state index is 11.8. The van der Waals surface area contributed by atoms with E-state index in [1.54, 1.807) is 12.3 Å². The second kappa shape index (κ2) is 4.84. The normalized spacial score (nSPS) is 13.6. The van der Waals surface area contributed by atoms with Gasteiger partial charge in [-0.25, -0.2) is 4.68 Å². The van der Waals surface area contributed by atoms with Crippen molar-refractivity contribution in [3.05, 3.63) is 61.1 Å². The summed E-state index contributed by atoms with van der Waals surface area (Å²) in [5.74, 6) is 0. The van der Waals surface area contributed by atoms with Crippen LogP contribution in [0.15, 0.2) is 35.3 Å². The predicted octanol–water partition coefficient (Wildman–Crippen LogP) is 2.38. The minimum absolute atomic E-state index is 0.0394. The average Bonchev–Trinajstić information content (AvgIpc) is 2.80. The lowest BCUT2D eigenvalue weighted by atomic mass is 10.1. The van der Waals surface area contributed by atoms with Crippen LogP contribution in [0.4, 0.5) is 0 Å². The van der Waals surface area contributed by atoms with Crippen molar-refractivity contribution in [2.24, 2.45) is 0 Å². The van der Waals surface area contributed by atoms with E-state index in [0.717, 1.165) is 15.6 Å². The van der Waals surface area contributed by atoms with Crippen LogP contribution in [0.1, 0.15) is 23.1 Å². The summed E-state index contributed by atoms with van der Waals surface area (Å²) in [6.45, 7) is 0.559. The third-order valence-electron chi connectivity index (χ3n) is 3.33. The van der Waals surface area contributed by atoms with Crippen LogP contribution in [0, 0.1) is 3.57 Å². The number of benzene rings is 1. The summed E-state index contributed by atoms with van der Waals surface area (Å²) in [5.41, 5.74) is 4.02. The number of fused-ring (bicyclic) bond motifs is 1. The van der Waals surface area contributed by atoms with Crippen molar-refractivity contribution in [1.82, 2.24) is 9.78 Å². The van der Waals surface area contributed by atoms with E-state index < -0.39 is 0 Å². The molecule has 0 spiro atoms. The molecular weight excluding hydrogens is 339 g/mol. The number of halogens is 1. The van der Waals surface area contributed by atoms with Gasteiger partial charge in [-0.05, 0) is 58.5 Å². The predicted molar refractivity (Wildman–Crippen MR) is 78.8 cm³/mol. The fourth-order valence-corrected chi connectivity index (χ4v) is 2.82. The highest BCUT2D eigenvalue weighted by molar-refractivity contribution is 14.1. The molecule has 18 heavy (non-hydrogen) atoms. The molecule has 0 N–H and O–H groups in total. The number of nitrogens with zero attached hydrogens (tertiary/aromatic N) is 2. The fraction of sp³-hybridized carbons (Fsp3) is 0.286. The minimum atomic E-state index is -0.0394. The van der Waals surface area contributed by atoms with Crippen molar-refractivity contribution in [1.29, 1.82) is 0 Å². The molecule has 1 aromatic carbocycles. The van der Waals surface area contributed by atoms with Gasteiger partial charge in [0.25, 0.3) is 5.56 Å². The molecule has 0 amide bonds. The van der Waals surface area contributed by atoms with Crippen molar-refractivity contribution < 1.29 is 0 Å². The fourth-order valence-electron chi connectivity index (χ4n) is 2.43. The highest BCUT2D eigenvalue weighted by atomic mass is 127. The van der Waals surface area contributed by atoms with Crippen LogP contribution in [-0.4, -0.2) is 9.78 Å². The van der Waals surface area contributed by atoms with Gasteiger partial charge >= 0.3 is 0 Å². The highest BCUT2D eigenvalue weighted by Crippen LogP contribution is 2.22. The lowest BCUT2D eigenvalue weighted by Gasteiger charge is -2.06. The Kier molecular flexibility index (Phi) is 3.20. The van der Waals surface area contributed by atoms with E-state index in [1.807, 2.05) is 0 Å². The molecule has 2 aromatic rings. The number of aromatic nitrogens is 2. The number of rotatable bonds is 2. The highest BCUT2D eigenvalue weighted by Gasteiger charge is 2.11. The van der Waals surface area contributed by atoms with Gasteiger partial charge in [0, 0.05) is 9.64 Å². The summed E-state index contributed by atoms with van der Waals surface area (Å²) in [7, 11) is 0. The topological polar surface area (TPSA) is 34.9 Å². The minimum Gasteiger partial charge on any atom is -0.268 e. The van der Waals surface area contributed by atoms with Crippen molar-refractivity contribution in [2.45, 2.75) is 25.8 Å². The zero-order valence-corrected chi connectivity index (χ0v) is 12.1. The van der Waals surface area contributed by atoms with E-state index in [2.05, 4.69) is 45.9 Å². The van der Waals surface area contributed by atoms with Crippen LogP contribution in [0.3, 0.4) is 0 Å². The lowest BCUT2D eigenvalue weighted by Crippen LogP contribution is -2.22. The molecule has 1 aliphatic rings. The van der Waals surface area contributed by atoms with Gasteiger partial charge in [-0.3, -0.25) is 4.79 Å². The standard InChI is InChI=1S/C14H13IN2O/c15-13-7-14(18)17(16-8-13)9-10-4-5-11-2-1-3-12(11)6-10/h4-8H,1-3,9H2. The molecule has 92 valence electrons. The first-order chi connectivity index (χ1) is 8.72. The molecule has 1 aromatic heterocycles. The maximum Gasteiger partial charge on any atom is 0.268 e. The molecule has 3 nitrogen and oxygen atoms in total. The Morgan fingerprint density at radius 1 is 1.22 bits per heavy atom. The first kappa shape index (κ1) is 11.9. The van der Waals surface area contributed by atoms with E-state index in [9.17, 15) is 4.79 Å². The summed E-state index contributed by atoms with van der Waals surface area (Å²) in [5, 5.41) is 4.16. The van der Waals surface area contributed by atoms with Crippen molar-refractivity contribution in [3.63, 3.8) is 0 Å². The second-order valence-electron chi connectivity index (χ2n) is 4.63. The van der Waals surface area contributed by atoms with Gasteiger partial charge in [0.1, 0.15) is 0 Å². The summed E-state index contributed by atoms with van der Waals surface area (Å²) < 4.78 is 2.39. The van der Waals surface area contributed by atoms with Gasteiger partial charge in [-0.1, -0.05) is 18.2 Å². The largest absolute Gasteiger partial charge is 0.268 e. The van der Waals surface area contributed by atoms with Crippen LogP contribution >= 0.6 is 22.6 Å². The van der Waals surface area contributed by atoms with Gasteiger partial charge in [0.15, 0.2) is 0 Å². The van der Waals surface area contributed by atoms with Crippen LogP contribution in [0.5, 0.6) is 0 Å². The molecule has 0 saturated carbocycles. The van der Waals surface area contributed by atoms with E-state index in [-0.39, 0.29) is 5.56 Å². The maximum atomic E-state index is 11.8. The second-order valence-corrected chi connectivity index (χ2v) is 5.87. The number of aryl methyl sites for hydroxylation is 2. The van der Waals surface area contributed by atoms with Gasteiger partial charge in [0.05, 0.1) is 12.7 Å². The van der Waals surface area contributed by atoms with E-state index in [0.29, 0.717) is 6.54 Å². The SMILES string of the molecule is O=c1cc(I)cnn1Cc1ccc2c(c1)CCC2. The molecule has 1 heterocycles. The molecule has 3 rings (SSSR count). The van der Waals surface area contributed by atoms with Crippen LogP contribution in [0.25, 0.3) is 0 Å². The summed E-state index contributed by atoms with van der Waals surface area (Å²) in [6, 6.07) is 8.13. The molecule has 0 saturated heterocycles. The van der Waals surface area contributed by atoms with E-state index >= 15 is 0 Å². The van der Waals surface area contributed by atoms with Gasteiger partial charge in [-0.15, -0.1) is 0 Å². The van der Waals surface area contributed by atoms with Crippen molar-refractivity contribution >= 4 is 22.6 Å². The Morgan fingerprint density at radius 3 is 2.89 bits per heavy atom. The zero-order chi connectivity index (χ0) is 12.5. The molecule has 0 unspecified atom stereocenters. The molecule has 4 heteroatoms. The first-order valence-electron chi connectivity index (χ1n) is 6.06. The zero-order valence-electron chi connectivity index (χ0n) is 9.90.